The van der Waals surface area contributed by atoms with E-state index in [1.807, 2.05) is 4.90 Å². The summed E-state index contributed by atoms with van der Waals surface area (Å²) in [4.78, 5) is 44.2. The highest BCUT2D eigenvalue weighted by molar-refractivity contribution is 6.32. The monoisotopic (exact) mass is 497 g/mol. The molecule has 7 heteroatoms. The van der Waals surface area contributed by atoms with Crippen molar-refractivity contribution in [2.45, 2.75) is 24.9 Å². The molecular formula is C30H24FNO5. The Morgan fingerprint density at radius 1 is 0.946 bits per heavy atom. The first-order chi connectivity index (χ1) is 17.8. The second-order valence-electron chi connectivity index (χ2n) is 9.63. The van der Waals surface area contributed by atoms with Crippen molar-refractivity contribution in [1.29, 1.82) is 0 Å². The lowest BCUT2D eigenvalue weighted by Crippen LogP contribution is -2.48. The minimum Gasteiger partial charge on any atom is -0.497 e. The number of hydrogen-bond acceptors (Lipinski definition) is 6. The van der Waals surface area contributed by atoms with Crippen LogP contribution in [0.1, 0.15) is 44.7 Å². The van der Waals surface area contributed by atoms with E-state index in [-0.39, 0.29) is 17.3 Å². The second kappa shape index (κ2) is 8.13. The summed E-state index contributed by atoms with van der Waals surface area (Å²) in [6.45, 7) is 1.46. The van der Waals surface area contributed by atoms with Crippen LogP contribution in [0.15, 0.2) is 66.7 Å². The van der Waals surface area contributed by atoms with Gasteiger partial charge in [0.05, 0.1) is 26.3 Å². The molecule has 0 saturated carbocycles. The van der Waals surface area contributed by atoms with Crippen LogP contribution in [0.25, 0.3) is 6.08 Å². The first kappa shape index (κ1) is 23.2. The van der Waals surface area contributed by atoms with Gasteiger partial charge in [-0.25, -0.2) is 4.39 Å². The number of anilines is 1. The number of halogens is 1. The molecule has 3 unspecified atom stereocenters. The molecule has 0 bridgehead atoms. The van der Waals surface area contributed by atoms with E-state index < -0.39 is 29.2 Å². The fourth-order valence-electron chi connectivity index (χ4n) is 6.53. The third-order valence-corrected chi connectivity index (χ3v) is 7.95. The van der Waals surface area contributed by atoms with Crippen LogP contribution in [-0.4, -0.2) is 43.7 Å². The Kier molecular flexibility index (Phi) is 5.09. The Hall–Kier alpha value is -4.26. The summed E-state index contributed by atoms with van der Waals surface area (Å²) in [5.41, 5.74) is 0.731. The summed E-state index contributed by atoms with van der Waals surface area (Å²) in [5.74, 6) is -1.26. The number of carbonyl (C=O) groups is 3. The Morgan fingerprint density at radius 2 is 1.65 bits per heavy atom. The lowest BCUT2D eigenvalue weighted by molar-refractivity contribution is -0.118. The second-order valence-corrected chi connectivity index (χ2v) is 9.63. The standard InChI is InChI=1S/C30H24FNO5/c1-16(33)27-26(22-15-19(36-2)10-12-24(22)37-3)30(28(34)20-6-4-5-7-21(20)29(30)35)25-13-8-17-14-18(31)9-11-23(17)32(25)27/h4-15,25-27H,1-3H3. The average Bonchev–Trinajstić information content (AvgIpc) is 3.34. The smallest absolute Gasteiger partial charge is 0.180 e. The number of benzene rings is 3. The lowest BCUT2D eigenvalue weighted by atomic mass is 9.64. The van der Waals surface area contributed by atoms with Crippen LogP contribution < -0.4 is 14.4 Å². The molecule has 186 valence electrons. The van der Waals surface area contributed by atoms with Gasteiger partial charge < -0.3 is 14.4 Å². The number of Topliss-reactive ketones (excluding diaryl/α,β-unsaturated/α-hetero) is 3. The van der Waals surface area contributed by atoms with Gasteiger partial charge in [0.15, 0.2) is 17.3 Å². The fraction of sp³-hybridized carbons (Fsp3) is 0.233. The summed E-state index contributed by atoms with van der Waals surface area (Å²) in [6.07, 6.45) is 3.49. The van der Waals surface area contributed by atoms with Gasteiger partial charge in [-0.1, -0.05) is 36.4 Å². The van der Waals surface area contributed by atoms with Crippen molar-refractivity contribution >= 4 is 29.1 Å². The van der Waals surface area contributed by atoms with Crippen molar-refractivity contribution in [2.75, 3.05) is 19.1 Å². The first-order valence-corrected chi connectivity index (χ1v) is 12.0. The van der Waals surface area contributed by atoms with Gasteiger partial charge in [-0.3, -0.25) is 14.4 Å². The SMILES string of the molecule is COc1ccc(OC)c(C2C(C(C)=O)N3c4ccc(F)cc4C=CC3C23C(=O)c2ccccc2C3=O)c1. The predicted molar refractivity (Wildman–Crippen MR) is 136 cm³/mol. The van der Waals surface area contributed by atoms with Gasteiger partial charge in [0.1, 0.15) is 22.7 Å². The van der Waals surface area contributed by atoms with E-state index in [4.69, 9.17) is 9.47 Å². The Morgan fingerprint density at radius 3 is 2.27 bits per heavy atom. The minimum absolute atomic E-state index is 0.223. The molecule has 1 fully saturated rings. The van der Waals surface area contributed by atoms with Crippen LogP contribution in [-0.2, 0) is 4.79 Å². The zero-order valence-electron chi connectivity index (χ0n) is 20.5. The van der Waals surface area contributed by atoms with Gasteiger partial charge in [0.25, 0.3) is 0 Å². The van der Waals surface area contributed by atoms with E-state index in [2.05, 4.69) is 0 Å². The number of rotatable bonds is 4. The van der Waals surface area contributed by atoms with Crippen LogP contribution in [0.4, 0.5) is 10.1 Å². The molecule has 0 aromatic heterocycles. The van der Waals surface area contributed by atoms with E-state index in [0.29, 0.717) is 39.4 Å². The molecular weight excluding hydrogens is 473 g/mol. The first-order valence-electron chi connectivity index (χ1n) is 12.0. The Bertz CT molecular complexity index is 1490. The molecule has 1 spiro atoms. The number of fused-ring (bicyclic) bond motifs is 5. The van der Waals surface area contributed by atoms with Crippen molar-refractivity contribution in [3.05, 3.63) is 94.8 Å². The van der Waals surface area contributed by atoms with Gasteiger partial charge in [-0.05, 0) is 43.3 Å². The van der Waals surface area contributed by atoms with E-state index in [0.717, 1.165) is 0 Å². The topological polar surface area (TPSA) is 72.9 Å². The third-order valence-electron chi connectivity index (χ3n) is 7.95. The maximum atomic E-state index is 14.4. The van der Waals surface area contributed by atoms with Gasteiger partial charge in [0.2, 0.25) is 0 Å². The Balaban J connectivity index is 1.71. The molecule has 2 aliphatic heterocycles. The predicted octanol–water partition coefficient (Wildman–Crippen LogP) is 4.87. The van der Waals surface area contributed by atoms with E-state index in [1.165, 1.54) is 33.3 Å². The van der Waals surface area contributed by atoms with Crippen molar-refractivity contribution in [3.63, 3.8) is 0 Å². The summed E-state index contributed by atoms with van der Waals surface area (Å²) < 4.78 is 25.3. The number of hydrogen-bond donors (Lipinski definition) is 0. The van der Waals surface area contributed by atoms with E-state index >= 15 is 0 Å². The molecule has 0 N–H and O–H groups in total. The summed E-state index contributed by atoms with van der Waals surface area (Å²) in [5, 5.41) is 0. The number of ether oxygens (including phenoxy) is 2. The average molecular weight is 498 g/mol. The molecule has 6 nitrogen and oxygen atoms in total. The summed E-state index contributed by atoms with van der Waals surface area (Å²) >= 11 is 0. The number of carbonyl (C=O) groups excluding carboxylic acids is 3. The molecule has 6 rings (SSSR count). The van der Waals surface area contributed by atoms with Crippen LogP contribution in [0.2, 0.25) is 0 Å². The van der Waals surface area contributed by atoms with Gasteiger partial charge in [-0.2, -0.15) is 0 Å². The molecule has 1 aliphatic carbocycles. The highest BCUT2D eigenvalue weighted by Gasteiger charge is 2.71. The molecule has 0 radical (unpaired) electrons. The molecule has 0 amide bonds. The van der Waals surface area contributed by atoms with Crippen molar-refractivity contribution < 1.29 is 28.2 Å². The highest BCUT2D eigenvalue weighted by Crippen LogP contribution is 2.61. The summed E-state index contributed by atoms with van der Waals surface area (Å²) in [7, 11) is 3.03. The lowest BCUT2D eigenvalue weighted by Gasteiger charge is -2.37. The van der Waals surface area contributed by atoms with E-state index in [9.17, 15) is 18.8 Å². The minimum atomic E-state index is -1.64. The summed E-state index contributed by atoms with van der Waals surface area (Å²) in [6, 6.07) is 14.6. The molecule has 37 heavy (non-hydrogen) atoms. The van der Waals surface area contributed by atoms with Crippen LogP contribution in [0.5, 0.6) is 11.5 Å². The number of nitrogens with zero attached hydrogens (tertiary/aromatic N) is 1. The van der Waals surface area contributed by atoms with Gasteiger partial charge in [0, 0.05) is 33.9 Å². The van der Waals surface area contributed by atoms with Crippen LogP contribution in [0.3, 0.4) is 0 Å². The maximum Gasteiger partial charge on any atom is 0.180 e. The molecule has 3 aliphatic rings. The number of ketones is 3. The molecule has 3 aromatic carbocycles. The van der Waals surface area contributed by atoms with Crippen molar-refractivity contribution in [1.82, 2.24) is 0 Å². The third kappa shape index (κ3) is 2.94. The van der Waals surface area contributed by atoms with Crippen molar-refractivity contribution in [3.8, 4) is 11.5 Å². The molecule has 2 heterocycles. The zero-order valence-corrected chi connectivity index (χ0v) is 20.5. The van der Waals surface area contributed by atoms with E-state index in [1.54, 1.807) is 60.7 Å². The highest BCUT2D eigenvalue weighted by atomic mass is 19.1. The molecule has 3 atom stereocenters. The fourth-order valence-corrected chi connectivity index (χ4v) is 6.53. The number of methoxy groups -OCH3 is 2. The molecule has 3 aromatic rings. The normalized spacial score (nSPS) is 22.6. The van der Waals surface area contributed by atoms with Crippen molar-refractivity contribution in [2.24, 2.45) is 5.41 Å². The van der Waals surface area contributed by atoms with Crippen LogP contribution >= 0.6 is 0 Å². The maximum absolute atomic E-state index is 14.4. The zero-order chi connectivity index (χ0) is 26.1. The van der Waals surface area contributed by atoms with Crippen LogP contribution in [0, 0.1) is 11.2 Å². The largest absolute Gasteiger partial charge is 0.497 e. The van der Waals surface area contributed by atoms with Gasteiger partial charge >= 0.3 is 0 Å². The van der Waals surface area contributed by atoms with Gasteiger partial charge in [-0.15, -0.1) is 0 Å². The quantitative estimate of drug-likeness (QED) is 0.479. The molecule has 1 saturated heterocycles. The Labute approximate surface area is 213 Å².